The Bertz CT molecular complexity index is 2260. The smallest absolute Gasteiger partial charge is 0.177 e. The van der Waals surface area contributed by atoms with E-state index in [1.165, 1.54) is 53.5 Å². The Morgan fingerprint density at radius 3 is 2.22 bits per heavy atom. The summed E-state index contributed by atoms with van der Waals surface area (Å²) in [5.74, 6) is 1.40. The van der Waals surface area contributed by atoms with Crippen molar-refractivity contribution >= 4 is 59.2 Å². The Morgan fingerprint density at radius 2 is 1.43 bits per heavy atom. The normalized spacial score (nSPS) is 14.6. The minimum Gasteiger partial charge on any atom is -0.496 e. The molecular weight excluding hydrogens is 631 g/mol. The van der Waals surface area contributed by atoms with Gasteiger partial charge in [-0.3, -0.25) is 0 Å². The molecule has 49 heavy (non-hydrogen) atoms. The molecule has 1 aliphatic carbocycles. The molecule has 0 radical (unpaired) electrons. The molecule has 8 rings (SSSR count). The van der Waals surface area contributed by atoms with Crippen LogP contribution in [0.1, 0.15) is 24.0 Å². The molecule has 1 saturated heterocycles. The van der Waals surface area contributed by atoms with E-state index in [9.17, 15) is 8.42 Å². The first-order chi connectivity index (χ1) is 23.9. The van der Waals surface area contributed by atoms with Gasteiger partial charge >= 0.3 is 0 Å². The molecule has 8 heteroatoms. The van der Waals surface area contributed by atoms with Crippen LogP contribution in [0.4, 0.5) is 17.1 Å². The highest BCUT2D eigenvalue weighted by Crippen LogP contribution is 2.40. The zero-order chi connectivity index (χ0) is 34.0. The first kappa shape index (κ1) is 32.7. The molecule has 7 nitrogen and oxygen atoms in total. The maximum atomic E-state index is 12.5. The number of methoxy groups -OCH3 is 2. The molecule has 1 aliphatic heterocycles. The van der Waals surface area contributed by atoms with Crippen molar-refractivity contribution in [3.63, 3.8) is 0 Å². The van der Waals surface area contributed by atoms with E-state index in [2.05, 4.69) is 64.1 Å². The number of rotatable bonds is 6. The molecule has 0 amide bonds. The van der Waals surface area contributed by atoms with Gasteiger partial charge < -0.3 is 25.0 Å². The largest absolute Gasteiger partial charge is 0.496 e. The van der Waals surface area contributed by atoms with Crippen molar-refractivity contribution in [2.24, 2.45) is 0 Å². The van der Waals surface area contributed by atoms with Crippen LogP contribution in [0.25, 0.3) is 32.3 Å². The fourth-order valence-electron chi connectivity index (χ4n) is 7.35. The Kier molecular flexibility index (Phi) is 9.34. The zero-order valence-electron chi connectivity index (χ0n) is 28.4. The number of nitrogens with one attached hydrogen (secondary N) is 2. The molecule has 1 fully saturated rings. The van der Waals surface area contributed by atoms with Crippen molar-refractivity contribution in [3.05, 3.63) is 108 Å². The van der Waals surface area contributed by atoms with Crippen LogP contribution in [-0.2, 0) is 22.7 Å². The Labute approximate surface area is 288 Å². The lowest BCUT2D eigenvalue weighted by Gasteiger charge is -2.30. The van der Waals surface area contributed by atoms with E-state index in [0.717, 1.165) is 54.1 Å². The van der Waals surface area contributed by atoms with Crippen LogP contribution in [0.15, 0.2) is 102 Å². The third-order valence-corrected chi connectivity index (χ3v) is 10.9. The van der Waals surface area contributed by atoms with E-state index in [1.807, 2.05) is 42.5 Å². The predicted octanol–water partition coefficient (Wildman–Crippen LogP) is 8.29. The number of aryl methyl sites for hydroxylation is 2. The molecule has 0 unspecified atom stereocenters. The summed E-state index contributed by atoms with van der Waals surface area (Å²) < 4.78 is 36.1. The van der Waals surface area contributed by atoms with Gasteiger partial charge in [0.1, 0.15) is 11.5 Å². The Hall–Kier alpha value is -4.79. The van der Waals surface area contributed by atoms with Crippen LogP contribution in [0.3, 0.4) is 0 Å². The summed E-state index contributed by atoms with van der Waals surface area (Å²) in [5.41, 5.74) is 5.45. The van der Waals surface area contributed by atoms with E-state index in [4.69, 9.17) is 9.47 Å². The predicted molar refractivity (Wildman–Crippen MR) is 203 cm³/mol. The van der Waals surface area contributed by atoms with Crippen LogP contribution in [0.2, 0.25) is 0 Å². The summed E-state index contributed by atoms with van der Waals surface area (Å²) in [6.07, 6.45) is 6.44. The van der Waals surface area contributed by atoms with E-state index >= 15 is 0 Å². The molecule has 252 valence electrons. The molecule has 0 bridgehead atoms. The van der Waals surface area contributed by atoms with Gasteiger partial charge in [0.15, 0.2) is 9.84 Å². The lowest BCUT2D eigenvalue weighted by Crippen LogP contribution is -2.43. The second-order valence-corrected chi connectivity index (χ2v) is 14.8. The SMILES string of the molecule is COc1ccc(OC)c2c(Nc3cc(N4CCNCC4)ccc3S(C)(=O)=O)cccc12.c1ccc2c(c1)ccc1c3c(ccc12)CCCC3. The summed E-state index contributed by atoms with van der Waals surface area (Å²) >= 11 is 0. The van der Waals surface area contributed by atoms with Crippen LogP contribution < -0.4 is 25.0 Å². The molecule has 0 saturated carbocycles. The van der Waals surface area contributed by atoms with Gasteiger partial charge in [0.05, 0.1) is 35.9 Å². The summed E-state index contributed by atoms with van der Waals surface area (Å²) in [6, 6.07) is 32.9. The van der Waals surface area contributed by atoms with Crippen molar-refractivity contribution in [3.8, 4) is 11.5 Å². The second-order valence-electron chi connectivity index (χ2n) is 12.8. The van der Waals surface area contributed by atoms with E-state index < -0.39 is 9.84 Å². The molecule has 6 aromatic carbocycles. The van der Waals surface area contributed by atoms with E-state index in [0.29, 0.717) is 11.4 Å². The topological polar surface area (TPSA) is 79.9 Å². The minimum absolute atomic E-state index is 0.255. The van der Waals surface area contributed by atoms with E-state index in [1.54, 1.807) is 31.4 Å². The number of ether oxygens (including phenoxy) is 2. The van der Waals surface area contributed by atoms with Gasteiger partial charge in [0, 0.05) is 43.5 Å². The number of anilines is 3. The highest BCUT2D eigenvalue weighted by molar-refractivity contribution is 7.90. The van der Waals surface area contributed by atoms with Gasteiger partial charge in [-0.15, -0.1) is 0 Å². The number of fused-ring (bicyclic) bond motifs is 6. The summed E-state index contributed by atoms with van der Waals surface area (Å²) in [6.45, 7) is 3.54. The van der Waals surface area contributed by atoms with E-state index in [-0.39, 0.29) is 4.90 Å². The zero-order valence-corrected chi connectivity index (χ0v) is 29.2. The van der Waals surface area contributed by atoms with Gasteiger partial charge in [0.2, 0.25) is 0 Å². The quantitative estimate of drug-likeness (QED) is 0.172. The number of nitrogens with zero attached hydrogens (tertiary/aromatic N) is 1. The van der Waals surface area contributed by atoms with Gasteiger partial charge in [-0.1, -0.05) is 60.7 Å². The lowest BCUT2D eigenvalue weighted by molar-refractivity contribution is 0.410. The van der Waals surface area contributed by atoms with Crippen LogP contribution in [-0.4, -0.2) is 55.1 Å². The molecule has 0 spiro atoms. The molecular formula is C41H43N3O4S. The highest BCUT2D eigenvalue weighted by atomic mass is 32.2. The third-order valence-electron chi connectivity index (χ3n) is 9.77. The maximum absolute atomic E-state index is 12.5. The van der Waals surface area contributed by atoms with Crippen LogP contribution in [0.5, 0.6) is 11.5 Å². The van der Waals surface area contributed by atoms with Crippen molar-refractivity contribution in [2.75, 3.05) is 56.9 Å². The molecule has 2 aliphatic rings. The monoisotopic (exact) mass is 673 g/mol. The molecule has 6 aromatic rings. The fourth-order valence-corrected chi connectivity index (χ4v) is 8.17. The number of benzene rings is 6. The molecule has 2 N–H and O–H groups in total. The highest BCUT2D eigenvalue weighted by Gasteiger charge is 2.20. The average molecular weight is 674 g/mol. The second kappa shape index (κ2) is 14.0. The molecule has 0 atom stereocenters. The minimum atomic E-state index is -3.43. The molecule has 0 aromatic heterocycles. The summed E-state index contributed by atoms with van der Waals surface area (Å²) in [5, 5.41) is 14.1. The van der Waals surface area contributed by atoms with Crippen molar-refractivity contribution < 1.29 is 17.9 Å². The third kappa shape index (κ3) is 6.63. The summed E-state index contributed by atoms with van der Waals surface area (Å²) in [7, 11) is -0.191. The summed E-state index contributed by atoms with van der Waals surface area (Å²) in [4.78, 5) is 2.51. The number of piperazine rings is 1. The maximum Gasteiger partial charge on any atom is 0.177 e. The first-order valence-corrected chi connectivity index (χ1v) is 18.9. The number of hydrogen-bond acceptors (Lipinski definition) is 7. The Balaban J connectivity index is 0.000000176. The van der Waals surface area contributed by atoms with Gasteiger partial charge in [0.25, 0.3) is 0 Å². The first-order valence-electron chi connectivity index (χ1n) is 17.0. The van der Waals surface area contributed by atoms with Gasteiger partial charge in [-0.2, -0.15) is 0 Å². The molecule has 1 heterocycles. The average Bonchev–Trinajstić information content (AvgIpc) is 3.14. The van der Waals surface area contributed by atoms with Crippen molar-refractivity contribution in [2.45, 2.75) is 30.6 Å². The lowest BCUT2D eigenvalue weighted by atomic mass is 9.86. The fraction of sp³-hybridized carbons (Fsp3) is 0.268. The Morgan fingerprint density at radius 1 is 0.694 bits per heavy atom. The van der Waals surface area contributed by atoms with Crippen molar-refractivity contribution in [1.29, 1.82) is 0 Å². The van der Waals surface area contributed by atoms with Crippen molar-refractivity contribution in [1.82, 2.24) is 5.32 Å². The van der Waals surface area contributed by atoms with Gasteiger partial charge in [-0.25, -0.2) is 8.42 Å². The standard InChI is InChI=1S/C23H27N3O4S.C18H16/c1-29-20-8-9-21(30-2)23-17(20)5-4-6-18(23)25-19-15-16(26-13-11-24-12-14-26)7-10-22(19)31(3,27)28;1-3-7-15-13(5-1)9-11-18-16-8-4-2-6-14(16)10-12-17(15)18/h4-10,15,24-25H,11-14H2,1-3H3;1,3,5,7,9-12H,2,4,6,8H2. The number of hydrogen-bond donors (Lipinski definition) is 2. The van der Waals surface area contributed by atoms with Crippen LogP contribution in [0, 0.1) is 0 Å². The van der Waals surface area contributed by atoms with Gasteiger partial charge in [-0.05, 0) is 94.8 Å². The van der Waals surface area contributed by atoms with Crippen LogP contribution >= 0.6 is 0 Å². The number of sulfone groups is 1.